The van der Waals surface area contributed by atoms with Crippen LogP contribution in [0.3, 0.4) is 0 Å². The van der Waals surface area contributed by atoms with E-state index in [1.165, 1.54) is 0 Å². The Morgan fingerprint density at radius 3 is 2.74 bits per heavy atom. The molecule has 6 heteroatoms. The highest BCUT2D eigenvalue weighted by molar-refractivity contribution is 9.10. The lowest BCUT2D eigenvalue weighted by Crippen LogP contribution is -2.05. The molecule has 0 bridgehead atoms. The van der Waals surface area contributed by atoms with Crippen molar-refractivity contribution in [3.63, 3.8) is 0 Å². The molecular formula is C13H13BrFN3S. The lowest BCUT2D eigenvalue weighted by atomic mass is 10.4. The lowest BCUT2D eigenvalue weighted by molar-refractivity contribution is 0.603. The van der Waals surface area contributed by atoms with E-state index in [-0.39, 0.29) is 5.82 Å². The average molecular weight is 342 g/mol. The first-order valence-electron chi connectivity index (χ1n) is 5.70. The fourth-order valence-electron chi connectivity index (χ4n) is 1.55. The summed E-state index contributed by atoms with van der Waals surface area (Å²) in [4.78, 5) is 9.44. The first-order valence-corrected chi connectivity index (χ1v) is 7.47. The molecule has 100 valence electrons. The summed E-state index contributed by atoms with van der Waals surface area (Å²) in [6, 6.07) is 7.94. The van der Waals surface area contributed by atoms with Crippen molar-refractivity contribution < 1.29 is 4.39 Å². The second-order valence-electron chi connectivity index (χ2n) is 3.86. The molecular weight excluding hydrogens is 329 g/mol. The van der Waals surface area contributed by atoms with Crippen LogP contribution < -0.4 is 5.32 Å². The van der Waals surface area contributed by atoms with E-state index in [1.54, 1.807) is 25.7 Å². The van der Waals surface area contributed by atoms with Crippen molar-refractivity contribution in [2.24, 2.45) is 0 Å². The largest absolute Gasteiger partial charge is 0.371 e. The van der Waals surface area contributed by atoms with Crippen LogP contribution in [0.25, 0.3) is 0 Å². The number of benzene rings is 1. The quantitative estimate of drug-likeness (QED) is 0.852. The van der Waals surface area contributed by atoms with E-state index in [4.69, 9.17) is 0 Å². The van der Waals surface area contributed by atoms with E-state index >= 15 is 0 Å². The van der Waals surface area contributed by atoms with Gasteiger partial charge in [-0.05, 0) is 35.0 Å². The van der Waals surface area contributed by atoms with E-state index in [9.17, 15) is 4.39 Å². The van der Waals surface area contributed by atoms with Gasteiger partial charge in [-0.3, -0.25) is 0 Å². The van der Waals surface area contributed by atoms with E-state index in [0.29, 0.717) is 17.3 Å². The van der Waals surface area contributed by atoms with Crippen LogP contribution in [0.2, 0.25) is 0 Å². The van der Waals surface area contributed by atoms with Crippen LogP contribution in [0.1, 0.15) is 11.5 Å². The van der Waals surface area contributed by atoms with Crippen LogP contribution in [-0.4, -0.2) is 17.0 Å². The zero-order chi connectivity index (χ0) is 13.8. The van der Waals surface area contributed by atoms with Gasteiger partial charge in [-0.15, -0.1) is 11.8 Å². The van der Waals surface area contributed by atoms with Gasteiger partial charge in [-0.1, -0.05) is 12.1 Å². The van der Waals surface area contributed by atoms with Gasteiger partial charge in [0.2, 0.25) is 0 Å². The van der Waals surface area contributed by atoms with Crippen molar-refractivity contribution in [2.45, 2.75) is 17.6 Å². The minimum atomic E-state index is -0.392. The third-order valence-corrected chi connectivity index (χ3v) is 4.52. The molecule has 0 saturated carbocycles. The number of thioether (sulfide) groups is 1. The van der Waals surface area contributed by atoms with Gasteiger partial charge in [0.1, 0.15) is 5.82 Å². The fourth-order valence-corrected chi connectivity index (χ4v) is 2.97. The second-order valence-corrected chi connectivity index (χ2v) is 5.73. The topological polar surface area (TPSA) is 37.8 Å². The number of anilines is 1. The summed E-state index contributed by atoms with van der Waals surface area (Å²) in [5.41, 5.74) is 0.363. The molecule has 0 atom stereocenters. The van der Waals surface area contributed by atoms with Crippen molar-refractivity contribution in [2.75, 3.05) is 12.4 Å². The van der Waals surface area contributed by atoms with Crippen LogP contribution in [0.5, 0.6) is 0 Å². The zero-order valence-electron chi connectivity index (χ0n) is 10.6. The van der Waals surface area contributed by atoms with Crippen molar-refractivity contribution >= 4 is 33.5 Å². The summed E-state index contributed by atoms with van der Waals surface area (Å²) in [6.45, 7) is 1.64. The van der Waals surface area contributed by atoms with Crippen LogP contribution in [0, 0.1) is 12.7 Å². The van der Waals surface area contributed by atoms with Gasteiger partial charge in [-0.2, -0.15) is 0 Å². The van der Waals surface area contributed by atoms with E-state index in [2.05, 4.69) is 31.2 Å². The van der Waals surface area contributed by atoms with Crippen LogP contribution in [-0.2, 0) is 5.75 Å². The number of halogens is 2. The fraction of sp³-hybridized carbons (Fsp3) is 0.231. The molecule has 3 nitrogen and oxygen atoms in total. The van der Waals surface area contributed by atoms with Crippen molar-refractivity contribution in [1.29, 1.82) is 0 Å². The highest BCUT2D eigenvalue weighted by Gasteiger charge is 2.10. The predicted molar refractivity (Wildman–Crippen MR) is 80.0 cm³/mol. The maximum Gasteiger partial charge on any atom is 0.186 e. The summed E-state index contributed by atoms with van der Waals surface area (Å²) in [7, 11) is 1.65. The Bertz CT molecular complexity index is 592. The number of rotatable bonds is 4. The number of hydrogen-bond acceptors (Lipinski definition) is 4. The smallest absolute Gasteiger partial charge is 0.186 e. The van der Waals surface area contributed by atoms with Gasteiger partial charge in [0.25, 0.3) is 0 Å². The molecule has 1 N–H and O–H groups in total. The summed E-state index contributed by atoms with van der Waals surface area (Å²) in [5, 5.41) is 2.74. The SMILES string of the molecule is CNc1nc(CSc2ccccc2Br)nc(C)c1F. The molecule has 1 aromatic carbocycles. The molecule has 0 fully saturated rings. The molecule has 2 rings (SSSR count). The number of aryl methyl sites for hydroxylation is 1. The Morgan fingerprint density at radius 1 is 1.32 bits per heavy atom. The van der Waals surface area contributed by atoms with Gasteiger partial charge in [0.05, 0.1) is 11.4 Å². The van der Waals surface area contributed by atoms with Gasteiger partial charge >= 0.3 is 0 Å². The molecule has 0 amide bonds. The van der Waals surface area contributed by atoms with E-state index in [1.807, 2.05) is 24.3 Å². The normalized spacial score (nSPS) is 10.5. The number of nitrogens with one attached hydrogen (secondary N) is 1. The number of nitrogens with zero attached hydrogens (tertiary/aromatic N) is 2. The first-order chi connectivity index (χ1) is 9.11. The Kier molecular flexibility index (Phi) is 4.76. The van der Waals surface area contributed by atoms with Gasteiger partial charge in [0, 0.05) is 16.4 Å². The summed E-state index contributed by atoms with van der Waals surface area (Å²) >= 11 is 5.10. The molecule has 2 aromatic rings. The molecule has 0 saturated heterocycles. The second kappa shape index (κ2) is 6.34. The molecule has 1 heterocycles. The van der Waals surface area contributed by atoms with E-state index in [0.717, 1.165) is 9.37 Å². The molecule has 0 aliphatic rings. The Balaban J connectivity index is 2.16. The van der Waals surface area contributed by atoms with E-state index < -0.39 is 5.82 Å². The number of hydrogen-bond donors (Lipinski definition) is 1. The lowest BCUT2D eigenvalue weighted by Gasteiger charge is -2.08. The molecule has 0 aliphatic heterocycles. The highest BCUT2D eigenvalue weighted by Crippen LogP contribution is 2.29. The summed E-state index contributed by atoms with van der Waals surface area (Å²) in [6.07, 6.45) is 0. The molecule has 0 spiro atoms. The predicted octanol–water partition coefficient (Wildman–Crippen LogP) is 4.02. The molecule has 0 unspecified atom stereocenters. The average Bonchev–Trinajstić information content (AvgIpc) is 2.41. The third-order valence-electron chi connectivity index (χ3n) is 2.49. The molecule has 0 radical (unpaired) electrons. The van der Waals surface area contributed by atoms with Crippen molar-refractivity contribution in [3.05, 3.63) is 46.1 Å². The molecule has 0 aliphatic carbocycles. The Hall–Kier alpha value is -1.14. The van der Waals surface area contributed by atoms with Crippen molar-refractivity contribution in [1.82, 2.24) is 9.97 Å². The summed E-state index contributed by atoms with van der Waals surface area (Å²) in [5.74, 6) is 1.06. The molecule has 19 heavy (non-hydrogen) atoms. The first kappa shape index (κ1) is 14.3. The summed E-state index contributed by atoms with van der Waals surface area (Å²) < 4.78 is 14.6. The van der Waals surface area contributed by atoms with Crippen LogP contribution in [0.4, 0.5) is 10.2 Å². The zero-order valence-corrected chi connectivity index (χ0v) is 13.0. The van der Waals surface area contributed by atoms with Gasteiger partial charge in [-0.25, -0.2) is 14.4 Å². The van der Waals surface area contributed by atoms with Crippen LogP contribution in [0.15, 0.2) is 33.6 Å². The van der Waals surface area contributed by atoms with Gasteiger partial charge < -0.3 is 5.32 Å². The van der Waals surface area contributed by atoms with Gasteiger partial charge in [0.15, 0.2) is 11.6 Å². The van der Waals surface area contributed by atoms with Crippen LogP contribution >= 0.6 is 27.7 Å². The Morgan fingerprint density at radius 2 is 2.05 bits per heavy atom. The monoisotopic (exact) mass is 341 g/mol. The number of aromatic nitrogens is 2. The Labute approximate surface area is 124 Å². The highest BCUT2D eigenvalue weighted by atomic mass is 79.9. The minimum Gasteiger partial charge on any atom is -0.371 e. The molecule has 1 aromatic heterocycles. The minimum absolute atomic E-state index is 0.246. The standard InChI is InChI=1S/C13H13BrFN3S/c1-8-12(15)13(16-2)18-11(17-8)7-19-10-6-4-3-5-9(10)14/h3-6H,7H2,1-2H3,(H,16,17,18). The maximum atomic E-state index is 13.6. The van der Waals surface area contributed by atoms with Crippen molar-refractivity contribution in [3.8, 4) is 0 Å². The maximum absolute atomic E-state index is 13.6. The third kappa shape index (κ3) is 3.45.